The number of hydrogen-bond acceptors (Lipinski definition) is 2. The van der Waals surface area contributed by atoms with Crippen LogP contribution in [-0.4, -0.2) is 13.1 Å². The minimum Gasteiger partial charge on any atom is -0.391 e. The lowest BCUT2D eigenvalue weighted by Crippen LogP contribution is -2.30. The Labute approximate surface area is 145 Å². The fraction of sp³-hybridized carbons (Fsp3) is 0.364. The normalized spacial score (nSPS) is 27.7. The van der Waals surface area contributed by atoms with Crippen LogP contribution in [0, 0.1) is 11.8 Å². The van der Waals surface area contributed by atoms with Gasteiger partial charge in [0.25, 0.3) is 0 Å². The topological polar surface area (TPSA) is 38.0 Å². The van der Waals surface area contributed by atoms with Gasteiger partial charge >= 0.3 is 0 Å². The summed E-state index contributed by atoms with van der Waals surface area (Å²) in [6.45, 7) is 0. The molecule has 2 heteroatoms. The third-order valence-electron chi connectivity index (χ3n) is 4.96. The van der Waals surface area contributed by atoms with Crippen LogP contribution >= 0.6 is 0 Å². The third kappa shape index (κ3) is 4.07. The van der Waals surface area contributed by atoms with E-state index in [1.54, 1.807) is 0 Å². The van der Waals surface area contributed by atoms with E-state index in [1.807, 2.05) is 7.05 Å². The summed E-state index contributed by atoms with van der Waals surface area (Å²) in [5.74, 6) is 0.769. The molecule has 0 spiro atoms. The van der Waals surface area contributed by atoms with Gasteiger partial charge in [-0.25, -0.2) is 0 Å². The van der Waals surface area contributed by atoms with Crippen molar-refractivity contribution in [2.75, 3.05) is 7.05 Å². The Morgan fingerprint density at radius 2 is 2.00 bits per heavy atom. The molecule has 0 fully saturated rings. The fourth-order valence-corrected chi connectivity index (χ4v) is 3.53. The first-order valence-corrected chi connectivity index (χ1v) is 9.01. The number of hydrogen-bond donors (Lipinski definition) is 2. The van der Waals surface area contributed by atoms with Crippen molar-refractivity contribution in [1.82, 2.24) is 5.32 Å². The Morgan fingerprint density at radius 1 is 1.12 bits per heavy atom. The maximum Gasteiger partial charge on any atom is 0.0310 e. The molecule has 0 aromatic carbocycles. The van der Waals surface area contributed by atoms with Crippen LogP contribution < -0.4 is 11.1 Å². The van der Waals surface area contributed by atoms with Crippen molar-refractivity contribution < 1.29 is 0 Å². The van der Waals surface area contributed by atoms with Crippen molar-refractivity contribution in [2.24, 2.45) is 17.6 Å². The van der Waals surface area contributed by atoms with Gasteiger partial charge in [0.05, 0.1) is 0 Å². The first kappa shape index (κ1) is 16.8. The summed E-state index contributed by atoms with van der Waals surface area (Å²) in [5.41, 5.74) is 10.4. The molecule has 0 saturated carbocycles. The second-order valence-electron chi connectivity index (χ2n) is 6.67. The molecule has 3 atom stereocenters. The van der Waals surface area contributed by atoms with Gasteiger partial charge in [0, 0.05) is 24.7 Å². The van der Waals surface area contributed by atoms with Crippen LogP contribution in [-0.2, 0) is 0 Å². The lowest BCUT2D eigenvalue weighted by Gasteiger charge is -2.25. The van der Waals surface area contributed by atoms with Crippen LogP contribution in [0.1, 0.15) is 25.7 Å². The van der Waals surface area contributed by atoms with Gasteiger partial charge in [-0.2, -0.15) is 0 Å². The highest BCUT2D eigenvalue weighted by atomic mass is 14.8. The summed E-state index contributed by atoms with van der Waals surface area (Å²) in [5, 5.41) is 3.35. The van der Waals surface area contributed by atoms with Gasteiger partial charge in [-0.1, -0.05) is 60.8 Å². The zero-order chi connectivity index (χ0) is 16.8. The maximum absolute atomic E-state index is 6.55. The molecule has 0 aliphatic heterocycles. The van der Waals surface area contributed by atoms with E-state index in [0.29, 0.717) is 11.8 Å². The number of allylic oxidation sites excluding steroid dienone is 11. The van der Waals surface area contributed by atoms with Gasteiger partial charge in [-0.15, -0.1) is 0 Å². The standard InChI is InChI=1S/C22H28N2/c1-24-22(18-11-6-3-7-12-18)16-21(23)20-14-8-13-19(15-20)17-9-4-2-5-10-17/h3-4,6-11,13,15-16,18,20-21,24H,2,5,12,14,23H2,1H3/b22-16-. The van der Waals surface area contributed by atoms with Crippen LogP contribution in [0.2, 0.25) is 0 Å². The summed E-state index contributed by atoms with van der Waals surface area (Å²) >= 11 is 0. The zero-order valence-electron chi connectivity index (χ0n) is 14.5. The Kier molecular flexibility index (Phi) is 5.71. The van der Waals surface area contributed by atoms with Gasteiger partial charge in [0.1, 0.15) is 0 Å². The Bertz CT molecular complexity index is 655. The molecule has 0 aromatic rings. The average Bonchev–Trinajstić information content (AvgIpc) is 2.67. The van der Waals surface area contributed by atoms with Crippen LogP contribution in [0.25, 0.3) is 0 Å². The minimum atomic E-state index is 0.0277. The summed E-state index contributed by atoms with van der Waals surface area (Å²) in [6, 6.07) is 0.0277. The second-order valence-corrected chi connectivity index (χ2v) is 6.67. The highest BCUT2D eigenvalue weighted by molar-refractivity contribution is 5.49. The molecule has 3 N–H and O–H groups in total. The van der Waals surface area contributed by atoms with Crippen molar-refractivity contribution in [1.29, 1.82) is 0 Å². The van der Waals surface area contributed by atoms with Gasteiger partial charge < -0.3 is 11.1 Å². The summed E-state index contributed by atoms with van der Waals surface area (Å²) in [4.78, 5) is 0. The maximum atomic E-state index is 6.55. The molecular weight excluding hydrogens is 292 g/mol. The zero-order valence-corrected chi connectivity index (χ0v) is 14.5. The van der Waals surface area contributed by atoms with Crippen molar-refractivity contribution >= 4 is 0 Å². The molecule has 0 aromatic heterocycles. The summed E-state index contributed by atoms with van der Waals surface area (Å²) in [7, 11) is 1.99. The lowest BCUT2D eigenvalue weighted by molar-refractivity contribution is 0.563. The van der Waals surface area contributed by atoms with Crippen LogP contribution in [0.4, 0.5) is 0 Å². The van der Waals surface area contributed by atoms with E-state index in [0.717, 1.165) is 25.7 Å². The number of nitrogens with one attached hydrogen (secondary N) is 1. The fourth-order valence-electron chi connectivity index (χ4n) is 3.53. The second kappa shape index (κ2) is 8.16. The molecule has 24 heavy (non-hydrogen) atoms. The molecule has 3 aliphatic carbocycles. The first-order chi connectivity index (χ1) is 11.8. The summed E-state index contributed by atoms with van der Waals surface area (Å²) in [6.07, 6.45) is 28.9. The first-order valence-electron chi connectivity index (χ1n) is 9.01. The van der Waals surface area contributed by atoms with Gasteiger partial charge in [0.2, 0.25) is 0 Å². The molecule has 2 nitrogen and oxygen atoms in total. The molecule has 3 rings (SSSR count). The van der Waals surface area contributed by atoms with Crippen molar-refractivity contribution in [2.45, 2.75) is 31.7 Å². The Balaban J connectivity index is 1.74. The Morgan fingerprint density at radius 3 is 2.71 bits per heavy atom. The quantitative estimate of drug-likeness (QED) is 0.791. The number of rotatable bonds is 5. The largest absolute Gasteiger partial charge is 0.391 e. The predicted molar refractivity (Wildman–Crippen MR) is 103 cm³/mol. The smallest absolute Gasteiger partial charge is 0.0310 e. The minimum absolute atomic E-state index is 0.0277. The molecule has 0 bridgehead atoms. The molecule has 3 unspecified atom stereocenters. The molecule has 0 saturated heterocycles. The molecule has 3 aliphatic rings. The third-order valence-corrected chi connectivity index (χ3v) is 4.96. The van der Waals surface area contributed by atoms with E-state index in [1.165, 1.54) is 16.8 Å². The average molecular weight is 320 g/mol. The van der Waals surface area contributed by atoms with E-state index >= 15 is 0 Å². The van der Waals surface area contributed by atoms with Gasteiger partial charge in [-0.3, -0.25) is 0 Å². The molecule has 126 valence electrons. The van der Waals surface area contributed by atoms with Crippen molar-refractivity contribution in [3.8, 4) is 0 Å². The summed E-state index contributed by atoms with van der Waals surface area (Å²) < 4.78 is 0. The highest BCUT2D eigenvalue weighted by Crippen LogP contribution is 2.28. The van der Waals surface area contributed by atoms with E-state index in [-0.39, 0.29) is 6.04 Å². The monoisotopic (exact) mass is 320 g/mol. The van der Waals surface area contributed by atoms with Gasteiger partial charge in [-0.05, 0) is 48.8 Å². The lowest BCUT2D eigenvalue weighted by atomic mass is 9.85. The van der Waals surface area contributed by atoms with Crippen LogP contribution in [0.3, 0.4) is 0 Å². The molecule has 0 heterocycles. The Hall–Kier alpha value is -2.06. The highest BCUT2D eigenvalue weighted by Gasteiger charge is 2.19. The van der Waals surface area contributed by atoms with E-state index < -0.39 is 0 Å². The van der Waals surface area contributed by atoms with E-state index in [4.69, 9.17) is 5.73 Å². The van der Waals surface area contributed by atoms with Crippen LogP contribution in [0.15, 0.2) is 83.7 Å². The molecule has 0 radical (unpaired) electrons. The SMILES string of the molecule is CN/C(=C\C(N)C1C=C(C2=CCCC=C2)C=CC1)C1C=CC=CC1. The molecular formula is C22H28N2. The van der Waals surface area contributed by atoms with Crippen molar-refractivity contribution in [3.63, 3.8) is 0 Å². The van der Waals surface area contributed by atoms with E-state index in [2.05, 4.69) is 72.2 Å². The molecule has 0 amide bonds. The predicted octanol–water partition coefficient (Wildman–Crippen LogP) is 4.33. The van der Waals surface area contributed by atoms with Gasteiger partial charge in [0.15, 0.2) is 0 Å². The number of nitrogens with two attached hydrogens (primary N) is 1. The van der Waals surface area contributed by atoms with E-state index in [9.17, 15) is 0 Å². The van der Waals surface area contributed by atoms with Crippen LogP contribution in [0.5, 0.6) is 0 Å². The van der Waals surface area contributed by atoms with Crippen molar-refractivity contribution in [3.05, 3.63) is 83.7 Å².